The molecule has 0 saturated heterocycles. The number of anilines is 1. The fourth-order valence-corrected chi connectivity index (χ4v) is 7.88. The number of unbranched alkanes of at least 4 members (excludes halogenated alkanes) is 2. The lowest BCUT2D eigenvalue weighted by molar-refractivity contribution is -0.438. The highest BCUT2D eigenvalue weighted by atomic mass is 16.3. The standard InChI is InChI=1S/C43H44N2O3/c1-7-9-19-44-35-23-29-17-13-11-15-27(29)21-33(35)42(3,4)37(44)25-31-39(46)32(41(48)40(31)47)26-38-43(5,6)34-22-28-16-12-14-18-30(28)24-36(34)45(38)20-10-8-2/h11-18,21-26H,7-10,19-20H2,1-6H3. The maximum Gasteiger partial charge on any atom is 0.233 e. The van der Waals surface area contributed by atoms with E-state index in [-0.39, 0.29) is 11.1 Å². The third-order valence-electron chi connectivity index (χ3n) is 10.7. The number of rotatable bonds is 8. The number of benzene rings is 4. The molecular formula is C43H44N2O3. The number of allylic oxidation sites excluding steroid dienone is 5. The van der Waals surface area contributed by atoms with Crippen molar-refractivity contribution in [1.29, 1.82) is 0 Å². The fraction of sp³-hybridized carbons (Fsp3) is 0.326. The van der Waals surface area contributed by atoms with Gasteiger partial charge in [0.05, 0.1) is 5.41 Å². The van der Waals surface area contributed by atoms with E-state index in [0.29, 0.717) is 0 Å². The topological polar surface area (TPSA) is 63.4 Å². The Balaban J connectivity index is 1.37. The van der Waals surface area contributed by atoms with E-state index in [0.717, 1.165) is 94.2 Å². The van der Waals surface area contributed by atoms with Gasteiger partial charge in [0.25, 0.3) is 0 Å². The quantitative estimate of drug-likeness (QED) is 0.111. The lowest BCUT2D eigenvalue weighted by Crippen LogP contribution is -2.29. The summed E-state index contributed by atoms with van der Waals surface area (Å²) in [6.45, 7) is 14.4. The van der Waals surface area contributed by atoms with Gasteiger partial charge in [-0.25, -0.2) is 0 Å². The molecule has 0 N–H and O–H groups in total. The minimum absolute atomic E-state index is 0.0343. The Kier molecular flexibility index (Phi) is 7.77. The van der Waals surface area contributed by atoms with Gasteiger partial charge in [0.2, 0.25) is 17.3 Å². The minimum Gasteiger partial charge on any atom is -0.871 e. The summed E-state index contributed by atoms with van der Waals surface area (Å²) in [4.78, 5) is 29.7. The largest absolute Gasteiger partial charge is 0.871 e. The molecule has 2 heterocycles. The van der Waals surface area contributed by atoms with E-state index >= 15 is 0 Å². The third kappa shape index (κ3) is 4.86. The number of ketones is 2. The van der Waals surface area contributed by atoms with Gasteiger partial charge in [-0.15, -0.1) is 0 Å². The molecule has 48 heavy (non-hydrogen) atoms. The van der Waals surface area contributed by atoms with Crippen molar-refractivity contribution >= 4 is 50.2 Å². The fourth-order valence-electron chi connectivity index (χ4n) is 7.88. The molecule has 0 atom stereocenters. The van der Waals surface area contributed by atoms with E-state index in [9.17, 15) is 14.7 Å². The zero-order valence-corrected chi connectivity index (χ0v) is 28.9. The third-order valence-corrected chi connectivity index (χ3v) is 10.7. The molecule has 4 aromatic carbocycles. The van der Waals surface area contributed by atoms with Crippen molar-refractivity contribution in [1.82, 2.24) is 0 Å². The minimum atomic E-state index is -0.717. The van der Waals surface area contributed by atoms with E-state index < -0.39 is 28.2 Å². The second kappa shape index (κ2) is 11.7. The van der Waals surface area contributed by atoms with Gasteiger partial charge in [-0.2, -0.15) is 4.58 Å². The van der Waals surface area contributed by atoms with Gasteiger partial charge in [0.15, 0.2) is 5.71 Å². The Morgan fingerprint density at radius 1 is 0.729 bits per heavy atom. The smallest absolute Gasteiger partial charge is 0.233 e. The molecule has 4 aromatic rings. The molecule has 0 amide bonds. The average molecular weight is 637 g/mol. The Morgan fingerprint density at radius 3 is 1.94 bits per heavy atom. The molecule has 7 rings (SSSR count). The summed E-state index contributed by atoms with van der Waals surface area (Å²) < 4.78 is 2.26. The molecule has 0 spiro atoms. The van der Waals surface area contributed by atoms with Crippen LogP contribution in [0.3, 0.4) is 0 Å². The van der Waals surface area contributed by atoms with E-state index in [1.807, 2.05) is 24.3 Å². The van der Waals surface area contributed by atoms with Gasteiger partial charge in [-0.3, -0.25) is 9.59 Å². The number of carbonyl (C=O) groups excluding carboxylic acids is 2. The summed E-state index contributed by atoms with van der Waals surface area (Å²) >= 11 is 0. The van der Waals surface area contributed by atoms with Gasteiger partial charge >= 0.3 is 0 Å². The summed E-state index contributed by atoms with van der Waals surface area (Å²) in [5, 5.41) is 18.8. The Labute approximate surface area is 283 Å². The highest BCUT2D eigenvalue weighted by Gasteiger charge is 2.46. The van der Waals surface area contributed by atoms with E-state index in [1.165, 1.54) is 0 Å². The number of hydrogen-bond acceptors (Lipinski definition) is 4. The predicted molar refractivity (Wildman–Crippen MR) is 194 cm³/mol. The van der Waals surface area contributed by atoms with Crippen LogP contribution < -0.4 is 10.0 Å². The number of Topliss-reactive ketones (excluding diaryl/α,β-unsaturated/α-hetero) is 2. The molecule has 0 unspecified atom stereocenters. The summed E-state index contributed by atoms with van der Waals surface area (Å²) in [6.07, 6.45) is 7.38. The van der Waals surface area contributed by atoms with E-state index in [1.54, 1.807) is 12.2 Å². The van der Waals surface area contributed by atoms with Crippen LogP contribution in [0.5, 0.6) is 0 Å². The van der Waals surface area contributed by atoms with Crippen molar-refractivity contribution < 1.29 is 19.3 Å². The van der Waals surface area contributed by atoms with Crippen LogP contribution in [0.2, 0.25) is 0 Å². The van der Waals surface area contributed by atoms with Crippen LogP contribution in [-0.2, 0) is 20.4 Å². The van der Waals surface area contributed by atoms with Gasteiger partial charge in [-0.1, -0.05) is 94.8 Å². The van der Waals surface area contributed by atoms with E-state index in [4.69, 9.17) is 0 Å². The van der Waals surface area contributed by atoms with Crippen molar-refractivity contribution in [3.63, 3.8) is 0 Å². The molecule has 0 radical (unpaired) electrons. The summed E-state index contributed by atoms with van der Waals surface area (Å²) in [5.74, 6) is -1.92. The van der Waals surface area contributed by atoms with Gasteiger partial charge in [0.1, 0.15) is 6.54 Å². The number of hydrogen-bond donors (Lipinski definition) is 0. The van der Waals surface area contributed by atoms with Crippen LogP contribution in [0, 0.1) is 0 Å². The first-order valence-corrected chi connectivity index (χ1v) is 17.4. The molecule has 5 heteroatoms. The van der Waals surface area contributed by atoms with Crippen LogP contribution in [0.1, 0.15) is 78.4 Å². The molecule has 2 aliphatic heterocycles. The zero-order chi connectivity index (χ0) is 34.0. The molecule has 5 nitrogen and oxygen atoms in total. The number of carbonyl (C=O) groups is 2. The van der Waals surface area contributed by atoms with Crippen LogP contribution in [0.15, 0.2) is 108 Å². The summed E-state index contributed by atoms with van der Waals surface area (Å²) in [7, 11) is 0. The normalized spacial score (nSPS) is 19.9. The molecule has 0 fully saturated rings. The lowest BCUT2D eigenvalue weighted by Gasteiger charge is -2.27. The van der Waals surface area contributed by atoms with Crippen molar-refractivity contribution in [2.24, 2.45) is 0 Å². The SMILES string of the molecule is CCCCN1C(=CC2=C([O-])C(=CC3=[N+](CCCC)c4cc5ccccc5cc4C3(C)C)C(=O)C2=O)C(C)(C)c2cc3ccccc3cc21. The Morgan fingerprint density at radius 2 is 1.31 bits per heavy atom. The van der Waals surface area contributed by atoms with E-state index in [2.05, 4.69) is 99.5 Å². The predicted octanol–water partition coefficient (Wildman–Crippen LogP) is 8.34. The summed E-state index contributed by atoms with van der Waals surface area (Å²) in [6, 6.07) is 25.5. The lowest BCUT2D eigenvalue weighted by atomic mass is 9.80. The maximum absolute atomic E-state index is 14.3. The molecule has 0 saturated carbocycles. The number of fused-ring (bicyclic) bond motifs is 4. The highest BCUT2D eigenvalue weighted by molar-refractivity contribution is 6.54. The van der Waals surface area contributed by atoms with Crippen molar-refractivity contribution in [2.75, 3.05) is 18.0 Å². The van der Waals surface area contributed by atoms with Gasteiger partial charge in [-0.05, 0) is 71.7 Å². The average Bonchev–Trinajstić information content (AvgIpc) is 3.50. The zero-order valence-electron chi connectivity index (χ0n) is 28.9. The molecule has 3 aliphatic rings. The molecule has 244 valence electrons. The van der Waals surface area contributed by atoms with Crippen LogP contribution in [-0.4, -0.2) is 34.9 Å². The van der Waals surface area contributed by atoms with Crippen molar-refractivity contribution in [3.05, 3.63) is 119 Å². The monoisotopic (exact) mass is 636 g/mol. The Bertz CT molecular complexity index is 2160. The molecular weight excluding hydrogens is 592 g/mol. The first kappa shape index (κ1) is 31.8. The van der Waals surface area contributed by atoms with Crippen LogP contribution >= 0.6 is 0 Å². The van der Waals surface area contributed by atoms with Crippen LogP contribution in [0.25, 0.3) is 21.5 Å². The van der Waals surface area contributed by atoms with Crippen molar-refractivity contribution in [2.45, 2.75) is 78.1 Å². The first-order valence-electron chi connectivity index (χ1n) is 17.4. The van der Waals surface area contributed by atoms with Gasteiger partial charge < -0.3 is 10.0 Å². The second-order valence-electron chi connectivity index (χ2n) is 14.6. The first-order chi connectivity index (χ1) is 23.0. The molecule has 0 bridgehead atoms. The van der Waals surface area contributed by atoms with Crippen LogP contribution in [0.4, 0.5) is 11.4 Å². The molecule has 1 aliphatic carbocycles. The Hall–Kier alpha value is -4.77. The van der Waals surface area contributed by atoms with Gasteiger partial charge in [0, 0.05) is 58.6 Å². The summed E-state index contributed by atoms with van der Waals surface area (Å²) in [5.41, 5.74) is 5.25. The highest BCUT2D eigenvalue weighted by Crippen LogP contribution is 2.50. The van der Waals surface area contributed by atoms with Crippen molar-refractivity contribution in [3.8, 4) is 0 Å². The second-order valence-corrected chi connectivity index (χ2v) is 14.6. The number of nitrogens with zero attached hydrogens (tertiary/aromatic N) is 2. The maximum atomic E-state index is 14.3. The molecule has 0 aromatic heterocycles.